The van der Waals surface area contributed by atoms with E-state index in [4.69, 9.17) is 14.2 Å². The second kappa shape index (κ2) is 13.8. The van der Waals surface area contributed by atoms with Crippen LogP contribution in [0.1, 0.15) is 92.4 Å². The molecule has 0 aromatic carbocycles. The summed E-state index contributed by atoms with van der Waals surface area (Å²) < 4.78 is 17.9. The smallest absolute Gasteiger partial charge is 0.199 e. The number of aliphatic hydroxyl groups is 1. The molecule has 4 heteroatoms. The molecule has 1 N–H and O–H groups in total. The topological polar surface area (TPSA) is 47.9 Å². The fraction of sp³-hybridized carbons (Fsp3) is 0.857. The zero-order valence-corrected chi connectivity index (χ0v) is 21.6. The molecule has 0 spiro atoms. The van der Waals surface area contributed by atoms with Gasteiger partial charge in [0.05, 0.1) is 24.6 Å². The summed E-state index contributed by atoms with van der Waals surface area (Å²) in [6, 6.07) is 0. The summed E-state index contributed by atoms with van der Waals surface area (Å²) in [5, 5.41) is 10.5. The fourth-order valence-corrected chi connectivity index (χ4v) is 5.70. The van der Waals surface area contributed by atoms with Gasteiger partial charge >= 0.3 is 0 Å². The van der Waals surface area contributed by atoms with Gasteiger partial charge in [0.1, 0.15) is 0 Å². The van der Waals surface area contributed by atoms with Crippen molar-refractivity contribution in [3.05, 3.63) is 24.0 Å². The third-order valence-corrected chi connectivity index (χ3v) is 8.17. The lowest BCUT2D eigenvalue weighted by atomic mass is 9.72. The highest BCUT2D eigenvalue weighted by Crippen LogP contribution is 2.43. The molecule has 2 rings (SSSR count). The lowest BCUT2D eigenvalue weighted by Crippen LogP contribution is -2.42. The summed E-state index contributed by atoms with van der Waals surface area (Å²) in [5.74, 6) is 2.71. The highest BCUT2D eigenvalue weighted by Gasteiger charge is 2.41. The van der Waals surface area contributed by atoms with Crippen LogP contribution in [0.3, 0.4) is 0 Å². The van der Waals surface area contributed by atoms with Crippen LogP contribution in [0.4, 0.5) is 0 Å². The van der Waals surface area contributed by atoms with Crippen LogP contribution in [0.2, 0.25) is 0 Å². The molecule has 7 atom stereocenters. The van der Waals surface area contributed by atoms with Crippen molar-refractivity contribution in [1.82, 2.24) is 0 Å². The second-order valence-corrected chi connectivity index (χ2v) is 10.5. The highest BCUT2D eigenvalue weighted by atomic mass is 16.6. The van der Waals surface area contributed by atoms with Gasteiger partial charge in [-0.3, -0.25) is 0 Å². The average molecular weight is 451 g/mol. The standard InChI is InChI=1S/C28H50O4/c1-8-24(19(2)3)14-15-25-20(4)28(29)32-21(5)26(25)18-27(30-7)22(6)31-17-16-23-12-10-9-11-13-23/h12,19-20,22,24-29H,5,8-11,13-18H2,1-4,6-7H3/t20-,22?,24?,25?,26-,27?,28?/m1/s1. The van der Waals surface area contributed by atoms with Crippen LogP contribution in [-0.2, 0) is 14.2 Å². The van der Waals surface area contributed by atoms with Gasteiger partial charge in [0.2, 0.25) is 0 Å². The number of hydrogen-bond acceptors (Lipinski definition) is 4. The normalized spacial score (nSPS) is 29.4. The van der Waals surface area contributed by atoms with Crippen LogP contribution in [0.15, 0.2) is 24.0 Å². The predicted molar refractivity (Wildman–Crippen MR) is 132 cm³/mol. The zero-order chi connectivity index (χ0) is 23.7. The molecular weight excluding hydrogens is 400 g/mol. The summed E-state index contributed by atoms with van der Waals surface area (Å²) in [6.45, 7) is 16.1. The molecule has 1 heterocycles. The van der Waals surface area contributed by atoms with E-state index in [1.54, 1.807) is 12.7 Å². The summed E-state index contributed by atoms with van der Waals surface area (Å²) in [4.78, 5) is 0. The molecule has 0 aromatic heterocycles. The van der Waals surface area contributed by atoms with Crippen LogP contribution in [-0.4, -0.2) is 37.3 Å². The van der Waals surface area contributed by atoms with Crippen molar-refractivity contribution >= 4 is 0 Å². The van der Waals surface area contributed by atoms with Gasteiger partial charge in [0.25, 0.3) is 0 Å². The van der Waals surface area contributed by atoms with E-state index in [9.17, 15) is 5.11 Å². The molecule has 32 heavy (non-hydrogen) atoms. The van der Waals surface area contributed by atoms with E-state index in [-0.39, 0.29) is 24.0 Å². The first kappa shape index (κ1) is 27.4. The monoisotopic (exact) mass is 450 g/mol. The Hall–Kier alpha value is -0.840. The Labute approximate surface area is 197 Å². The van der Waals surface area contributed by atoms with E-state index >= 15 is 0 Å². The molecule has 5 unspecified atom stereocenters. The Morgan fingerprint density at radius 1 is 1.25 bits per heavy atom. The number of allylic oxidation sites excluding steroid dienone is 2. The van der Waals surface area contributed by atoms with Crippen molar-refractivity contribution in [2.24, 2.45) is 29.6 Å². The van der Waals surface area contributed by atoms with E-state index in [0.29, 0.717) is 23.5 Å². The predicted octanol–water partition coefficient (Wildman–Crippen LogP) is 6.88. The van der Waals surface area contributed by atoms with Gasteiger partial charge in [-0.25, -0.2) is 0 Å². The van der Waals surface area contributed by atoms with Crippen LogP contribution in [0.25, 0.3) is 0 Å². The first-order valence-corrected chi connectivity index (χ1v) is 13.1. The SMILES string of the molecule is C=C1OC(O)[C@H](C)C(CCC(CC)C(C)C)[C@@H]1CC(OC)C(C)OCCC1=CCCCC1. The molecule has 0 amide bonds. The minimum Gasteiger partial charge on any atom is -0.470 e. The van der Waals surface area contributed by atoms with Gasteiger partial charge in [0.15, 0.2) is 6.29 Å². The average Bonchev–Trinajstić information content (AvgIpc) is 2.77. The minimum absolute atomic E-state index is 0.0128. The van der Waals surface area contributed by atoms with Crippen molar-refractivity contribution in [3.63, 3.8) is 0 Å². The quantitative estimate of drug-likeness (QED) is 0.311. The van der Waals surface area contributed by atoms with E-state index < -0.39 is 6.29 Å². The van der Waals surface area contributed by atoms with E-state index in [0.717, 1.165) is 25.9 Å². The summed E-state index contributed by atoms with van der Waals surface area (Å²) in [6.07, 6.45) is 12.0. The summed E-state index contributed by atoms with van der Waals surface area (Å²) in [7, 11) is 1.78. The maximum absolute atomic E-state index is 10.5. The van der Waals surface area contributed by atoms with Gasteiger partial charge < -0.3 is 19.3 Å². The van der Waals surface area contributed by atoms with Crippen molar-refractivity contribution in [2.45, 2.75) is 111 Å². The highest BCUT2D eigenvalue weighted by molar-refractivity contribution is 5.05. The third-order valence-electron chi connectivity index (χ3n) is 8.17. The van der Waals surface area contributed by atoms with Gasteiger partial charge in [-0.2, -0.15) is 0 Å². The maximum Gasteiger partial charge on any atom is 0.199 e. The van der Waals surface area contributed by atoms with Crippen molar-refractivity contribution in [2.75, 3.05) is 13.7 Å². The molecule has 0 radical (unpaired) electrons. The molecular formula is C28H50O4. The van der Waals surface area contributed by atoms with Gasteiger partial charge in [-0.15, -0.1) is 0 Å². The fourth-order valence-electron chi connectivity index (χ4n) is 5.70. The van der Waals surface area contributed by atoms with E-state index in [2.05, 4.69) is 47.3 Å². The Morgan fingerprint density at radius 3 is 2.59 bits per heavy atom. The number of rotatable bonds is 13. The first-order valence-electron chi connectivity index (χ1n) is 13.1. The zero-order valence-electron chi connectivity index (χ0n) is 21.6. The third kappa shape index (κ3) is 7.88. The van der Waals surface area contributed by atoms with Gasteiger partial charge in [0, 0.05) is 18.9 Å². The van der Waals surface area contributed by atoms with Crippen LogP contribution >= 0.6 is 0 Å². The van der Waals surface area contributed by atoms with Crippen molar-refractivity contribution < 1.29 is 19.3 Å². The molecule has 1 aliphatic heterocycles. The minimum atomic E-state index is -0.763. The molecule has 1 aliphatic carbocycles. The molecule has 1 fully saturated rings. The number of aliphatic hydroxyl groups excluding tert-OH is 1. The maximum atomic E-state index is 10.5. The largest absolute Gasteiger partial charge is 0.470 e. The van der Waals surface area contributed by atoms with Gasteiger partial charge in [-0.1, -0.05) is 52.3 Å². The second-order valence-electron chi connectivity index (χ2n) is 10.5. The van der Waals surface area contributed by atoms with Crippen LogP contribution in [0.5, 0.6) is 0 Å². The number of methoxy groups -OCH3 is 1. The van der Waals surface area contributed by atoms with E-state index in [1.165, 1.54) is 38.5 Å². The Morgan fingerprint density at radius 2 is 2.00 bits per heavy atom. The van der Waals surface area contributed by atoms with Crippen molar-refractivity contribution in [1.29, 1.82) is 0 Å². The van der Waals surface area contributed by atoms with Crippen molar-refractivity contribution in [3.8, 4) is 0 Å². The molecule has 2 aliphatic rings. The first-order chi connectivity index (χ1) is 15.3. The van der Waals surface area contributed by atoms with E-state index in [1.807, 2.05) is 0 Å². The summed E-state index contributed by atoms with van der Waals surface area (Å²) in [5.41, 5.74) is 1.55. The lowest BCUT2D eigenvalue weighted by Gasteiger charge is -2.43. The molecule has 1 saturated heterocycles. The Bertz CT molecular complexity index is 584. The summed E-state index contributed by atoms with van der Waals surface area (Å²) >= 11 is 0. The Kier molecular flexibility index (Phi) is 11.8. The molecule has 0 saturated carbocycles. The van der Waals surface area contributed by atoms with Crippen LogP contribution < -0.4 is 0 Å². The molecule has 0 bridgehead atoms. The Balaban J connectivity index is 1.98. The molecule has 4 nitrogen and oxygen atoms in total. The number of hydrogen-bond donors (Lipinski definition) is 1. The molecule has 0 aromatic rings. The van der Waals surface area contributed by atoms with Crippen LogP contribution in [0, 0.1) is 29.6 Å². The lowest BCUT2D eigenvalue weighted by molar-refractivity contribution is -0.166. The van der Waals surface area contributed by atoms with Gasteiger partial charge in [-0.05, 0) is 76.0 Å². The number of ether oxygens (including phenoxy) is 3. The molecule has 186 valence electrons.